The van der Waals surface area contributed by atoms with Gasteiger partial charge in [-0.2, -0.15) is 12.6 Å². The normalized spacial score (nSPS) is 22.2. The van der Waals surface area contributed by atoms with Gasteiger partial charge in [0.15, 0.2) is 0 Å². The molecule has 0 aliphatic carbocycles. The van der Waals surface area contributed by atoms with E-state index in [1.165, 1.54) is 32.7 Å². The lowest BCUT2D eigenvalue weighted by Crippen LogP contribution is -2.47. The zero-order valence-corrected chi connectivity index (χ0v) is 9.98. The Morgan fingerprint density at radius 1 is 1.15 bits per heavy atom. The van der Waals surface area contributed by atoms with E-state index < -0.39 is 0 Å². The molecule has 0 aromatic carbocycles. The summed E-state index contributed by atoms with van der Waals surface area (Å²) >= 11 is 4.38. The van der Waals surface area contributed by atoms with Crippen molar-refractivity contribution in [2.75, 3.05) is 45.5 Å². The third kappa shape index (κ3) is 3.88. The van der Waals surface area contributed by atoms with Crippen molar-refractivity contribution in [1.29, 1.82) is 0 Å². The Labute approximate surface area is 87.7 Å². The van der Waals surface area contributed by atoms with Crippen molar-refractivity contribution in [3.8, 4) is 0 Å². The molecule has 1 aliphatic heterocycles. The third-order valence-corrected chi connectivity index (χ3v) is 3.53. The second-order valence-electron chi connectivity index (χ2n) is 4.90. The van der Waals surface area contributed by atoms with Crippen LogP contribution in [0.1, 0.15) is 13.8 Å². The van der Waals surface area contributed by atoms with E-state index in [4.69, 9.17) is 0 Å². The van der Waals surface area contributed by atoms with E-state index in [1.807, 2.05) is 0 Å². The van der Waals surface area contributed by atoms with Crippen LogP contribution in [0.3, 0.4) is 0 Å². The molecule has 2 nitrogen and oxygen atoms in total. The van der Waals surface area contributed by atoms with E-state index in [2.05, 4.69) is 43.3 Å². The summed E-state index contributed by atoms with van der Waals surface area (Å²) in [6.45, 7) is 10.6. The summed E-state index contributed by atoms with van der Waals surface area (Å²) in [5.41, 5.74) is 0.360. The molecule has 0 saturated carbocycles. The SMILES string of the molecule is CN1CCN(CC(C)(C)CS)CC1. The van der Waals surface area contributed by atoms with Crippen molar-refractivity contribution in [3.05, 3.63) is 0 Å². The topological polar surface area (TPSA) is 6.48 Å². The molecule has 1 heterocycles. The zero-order valence-electron chi connectivity index (χ0n) is 9.08. The molecule has 1 aliphatic rings. The van der Waals surface area contributed by atoms with Crippen LogP contribution in [0, 0.1) is 5.41 Å². The first-order chi connectivity index (χ1) is 6.03. The van der Waals surface area contributed by atoms with Crippen molar-refractivity contribution < 1.29 is 0 Å². The fourth-order valence-corrected chi connectivity index (χ4v) is 1.76. The lowest BCUT2D eigenvalue weighted by molar-refractivity contribution is 0.119. The Hall–Kier alpha value is 0.270. The Balaban J connectivity index is 2.30. The molecule has 0 unspecified atom stereocenters. The lowest BCUT2D eigenvalue weighted by Gasteiger charge is -2.37. The van der Waals surface area contributed by atoms with E-state index in [0.717, 1.165) is 5.75 Å². The average Bonchev–Trinajstić information content (AvgIpc) is 2.09. The predicted octanol–water partition coefficient (Wildman–Crippen LogP) is 1.19. The average molecular weight is 202 g/mol. The number of hydrogen-bond donors (Lipinski definition) is 1. The van der Waals surface area contributed by atoms with Crippen molar-refractivity contribution in [3.63, 3.8) is 0 Å². The van der Waals surface area contributed by atoms with Crippen molar-refractivity contribution in [1.82, 2.24) is 9.80 Å². The zero-order chi connectivity index (χ0) is 9.90. The van der Waals surface area contributed by atoms with Gasteiger partial charge in [0, 0.05) is 32.7 Å². The first kappa shape index (κ1) is 11.3. The summed E-state index contributed by atoms with van der Waals surface area (Å²) in [7, 11) is 2.20. The van der Waals surface area contributed by atoms with E-state index >= 15 is 0 Å². The highest BCUT2D eigenvalue weighted by molar-refractivity contribution is 7.80. The van der Waals surface area contributed by atoms with E-state index in [9.17, 15) is 0 Å². The largest absolute Gasteiger partial charge is 0.304 e. The molecule has 1 fully saturated rings. The molecule has 1 rings (SSSR count). The molecule has 0 aromatic heterocycles. The van der Waals surface area contributed by atoms with Gasteiger partial charge in [0.2, 0.25) is 0 Å². The van der Waals surface area contributed by atoms with Gasteiger partial charge < -0.3 is 9.80 Å². The molecule has 0 spiro atoms. The van der Waals surface area contributed by atoms with E-state index in [1.54, 1.807) is 0 Å². The molecular formula is C10H22N2S. The molecule has 0 N–H and O–H groups in total. The van der Waals surface area contributed by atoms with Crippen LogP contribution >= 0.6 is 12.6 Å². The molecule has 78 valence electrons. The highest BCUT2D eigenvalue weighted by Gasteiger charge is 2.22. The maximum Gasteiger partial charge on any atom is 0.0110 e. The minimum atomic E-state index is 0.360. The first-order valence-corrected chi connectivity index (χ1v) is 5.68. The monoisotopic (exact) mass is 202 g/mol. The first-order valence-electron chi connectivity index (χ1n) is 5.05. The van der Waals surface area contributed by atoms with Gasteiger partial charge in [0.05, 0.1) is 0 Å². The van der Waals surface area contributed by atoms with Crippen LogP contribution in [-0.2, 0) is 0 Å². The van der Waals surface area contributed by atoms with Crippen molar-refractivity contribution >= 4 is 12.6 Å². The predicted molar refractivity (Wildman–Crippen MR) is 61.6 cm³/mol. The van der Waals surface area contributed by atoms with Gasteiger partial charge in [-0.15, -0.1) is 0 Å². The second-order valence-corrected chi connectivity index (χ2v) is 5.22. The van der Waals surface area contributed by atoms with Gasteiger partial charge in [-0.3, -0.25) is 0 Å². The number of thiol groups is 1. The number of piperazine rings is 1. The minimum absolute atomic E-state index is 0.360. The molecule has 0 radical (unpaired) electrons. The van der Waals surface area contributed by atoms with Crippen LogP contribution in [0.15, 0.2) is 0 Å². The van der Waals surface area contributed by atoms with Gasteiger partial charge in [0.25, 0.3) is 0 Å². The van der Waals surface area contributed by atoms with Crippen LogP contribution < -0.4 is 0 Å². The summed E-state index contributed by atoms with van der Waals surface area (Å²) in [4.78, 5) is 4.94. The molecule has 1 saturated heterocycles. The van der Waals surface area contributed by atoms with Crippen LogP contribution in [0.25, 0.3) is 0 Å². The smallest absolute Gasteiger partial charge is 0.0110 e. The Bertz CT molecular complexity index is 151. The molecule has 13 heavy (non-hydrogen) atoms. The van der Waals surface area contributed by atoms with Crippen LogP contribution in [0.4, 0.5) is 0 Å². The highest BCUT2D eigenvalue weighted by Crippen LogP contribution is 2.19. The van der Waals surface area contributed by atoms with Gasteiger partial charge in [0.1, 0.15) is 0 Å². The van der Waals surface area contributed by atoms with Crippen LogP contribution in [-0.4, -0.2) is 55.3 Å². The summed E-state index contributed by atoms with van der Waals surface area (Å²) < 4.78 is 0. The number of hydrogen-bond acceptors (Lipinski definition) is 3. The summed E-state index contributed by atoms with van der Waals surface area (Å²) in [5.74, 6) is 0.972. The number of likely N-dealkylation sites (N-methyl/N-ethyl adjacent to an activating group) is 1. The van der Waals surface area contributed by atoms with Crippen molar-refractivity contribution in [2.45, 2.75) is 13.8 Å². The summed E-state index contributed by atoms with van der Waals surface area (Å²) in [6.07, 6.45) is 0. The standard InChI is InChI=1S/C10H22N2S/c1-10(2,9-13)8-12-6-4-11(3)5-7-12/h13H,4-9H2,1-3H3. The van der Waals surface area contributed by atoms with Gasteiger partial charge >= 0.3 is 0 Å². The third-order valence-electron chi connectivity index (χ3n) is 2.68. The maximum atomic E-state index is 4.38. The fourth-order valence-electron chi connectivity index (χ4n) is 1.66. The van der Waals surface area contributed by atoms with Gasteiger partial charge in [-0.25, -0.2) is 0 Å². The van der Waals surface area contributed by atoms with Crippen LogP contribution in [0.5, 0.6) is 0 Å². The van der Waals surface area contributed by atoms with E-state index in [0.29, 0.717) is 5.41 Å². The molecular weight excluding hydrogens is 180 g/mol. The molecule has 3 heteroatoms. The maximum absolute atomic E-state index is 4.38. The number of rotatable bonds is 3. The second kappa shape index (κ2) is 4.67. The molecule has 0 bridgehead atoms. The molecule has 0 amide bonds. The summed E-state index contributed by atoms with van der Waals surface area (Å²) in [6, 6.07) is 0. The molecule has 0 atom stereocenters. The quantitative estimate of drug-likeness (QED) is 0.687. The minimum Gasteiger partial charge on any atom is -0.304 e. The number of nitrogens with zero attached hydrogens (tertiary/aromatic N) is 2. The van der Waals surface area contributed by atoms with E-state index in [-0.39, 0.29) is 0 Å². The van der Waals surface area contributed by atoms with Gasteiger partial charge in [-0.1, -0.05) is 13.8 Å². The Kier molecular flexibility index (Phi) is 4.07. The Morgan fingerprint density at radius 3 is 2.15 bits per heavy atom. The highest BCUT2D eigenvalue weighted by atomic mass is 32.1. The van der Waals surface area contributed by atoms with Crippen molar-refractivity contribution in [2.24, 2.45) is 5.41 Å². The molecule has 0 aromatic rings. The fraction of sp³-hybridized carbons (Fsp3) is 1.00. The lowest BCUT2D eigenvalue weighted by atomic mass is 9.95. The summed E-state index contributed by atoms with van der Waals surface area (Å²) in [5, 5.41) is 0. The Morgan fingerprint density at radius 2 is 1.69 bits per heavy atom. The van der Waals surface area contributed by atoms with Crippen LogP contribution in [0.2, 0.25) is 0 Å². The van der Waals surface area contributed by atoms with Gasteiger partial charge in [-0.05, 0) is 18.2 Å².